The summed E-state index contributed by atoms with van der Waals surface area (Å²) in [4.78, 5) is 26.1. The van der Waals surface area contributed by atoms with Gasteiger partial charge in [0.25, 0.3) is 0 Å². The van der Waals surface area contributed by atoms with Crippen LogP contribution in [0.4, 0.5) is 0 Å². The molecule has 2 rings (SSSR count). The molecule has 0 heterocycles. The van der Waals surface area contributed by atoms with Gasteiger partial charge in [-0.2, -0.15) is 0 Å². The standard InChI is InChI=1S/C28H36Cl2O7/c1-7-9-11-13-17-15-18(16-20(33-3)21(17)27(31)36-6)37-28(32)22-19(14-12-10-8-2)23(29)26(35-5)24(30)25(22)34-4/h15-16H,7-14H2,1-6H3. The number of carbonyl (C=O) groups is 2. The molecular weight excluding hydrogens is 519 g/mol. The molecule has 0 radical (unpaired) electrons. The van der Waals surface area contributed by atoms with Gasteiger partial charge in [-0.1, -0.05) is 62.7 Å². The minimum Gasteiger partial charge on any atom is -0.496 e. The van der Waals surface area contributed by atoms with E-state index in [4.69, 9.17) is 46.9 Å². The maximum absolute atomic E-state index is 13.6. The van der Waals surface area contributed by atoms with E-state index in [0.29, 0.717) is 29.5 Å². The average Bonchev–Trinajstić information content (AvgIpc) is 2.89. The van der Waals surface area contributed by atoms with Gasteiger partial charge in [-0.3, -0.25) is 0 Å². The van der Waals surface area contributed by atoms with Crippen LogP contribution in [0.25, 0.3) is 0 Å². The van der Waals surface area contributed by atoms with E-state index in [-0.39, 0.29) is 38.6 Å². The lowest BCUT2D eigenvalue weighted by Crippen LogP contribution is -2.16. The van der Waals surface area contributed by atoms with Crippen molar-refractivity contribution in [2.45, 2.75) is 65.2 Å². The molecule has 0 saturated heterocycles. The molecule has 0 aliphatic heterocycles. The SMILES string of the molecule is CCCCCc1cc(OC(=O)c2c(CCCCC)c(Cl)c(OC)c(Cl)c2OC)cc(OC)c1C(=O)OC. The quantitative estimate of drug-likeness (QED) is 0.136. The third-order valence-corrected chi connectivity index (χ3v) is 6.80. The third kappa shape index (κ3) is 7.23. The molecule has 0 amide bonds. The van der Waals surface area contributed by atoms with E-state index >= 15 is 0 Å². The van der Waals surface area contributed by atoms with Crippen LogP contribution in [0.5, 0.6) is 23.0 Å². The summed E-state index contributed by atoms with van der Waals surface area (Å²) in [6.07, 6.45) is 6.68. The van der Waals surface area contributed by atoms with Crippen molar-refractivity contribution in [3.63, 3.8) is 0 Å². The smallest absolute Gasteiger partial charge is 0.347 e. The van der Waals surface area contributed by atoms with Crippen molar-refractivity contribution in [3.05, 3.63) is 44.4 Å². The molecule has 0 spiro atoms. The molecule has 0 aliphatic rings. The molecule has 0 aliphatic carbocycles. The first-order valence-electron chi connectivity index (χ1n) is 12.4. The number of aryl methyl sites for hydroxylation is 1. The van der Waals surface area contributed by atoms with E-state index in [0.717, 1.165) is 38.5 Å². The van der Waals surface area contributed by atoms with Gasteiger partial charge in [0.15, 0.2) is 11.5 Å². The zero-order chi connectivity index (χ0) is 27.5. The normalized spacial score (nSPS) is 10.7. The number of halogens is 2. The van der Waals surface area contributed by atoms with E-state index in [9.17, 15) is 9.59 Å². The first-order valence-corrected chi connectivity index (χ1v) is 13.2. The van der Waals surface area contributed by atoms with Crippen LogP contribution in [0.3, 0.4) is 0 Å². The Balaban J connectivity index is 2.61. The number of unbranched alkanes of at least 4 members (excludes halogenated alkanes) is 4. The summed E-state index contributed by atoms with van der Waals surface area (Å²) in [5.41, 5.74) is 1.66. The summed E-state index contributed by atoms with van der Waals surface area (Å²) in [5, 5.41) is 0.329. The molecule has 7 nitrogen and oxygen atoms in total. The maximum atomic E-state index is 13.6. The van der Waals surface area contributed by atoms with Crippen molar-refractivity contribution in [2.75, 3.05) is 28.4 Å². The fourth-order valence-corrected chi connectivity index (χ4v) is 4.94. The maximum Gasteiger partial charge on any atom is 0.347 e. The van der Waals surface area contributed by atoms with E-state index in [1.807, 2.05) is 0 Å². The molecule has 0 saturated carbocycles. The zero-order valence-corrected chi connectivity index (χ0v) is 23.9. The predicted octanol–water partition coefficient (Wildman–Crippen LogP) is 7.49. The summed E-state index contributed by atoms with van der Waals surface area (Å²) in [7, 11) is 5.63. The Morgan fingerprint density at radius 1 is 0.730 bits per heavy atom. The van der Waals surface area contributed by atoms with E-state index in [1.165, 1.54) is 34.5 Å². The van der Waals surface area contributed by atoms with Gasteiger partial charge >= 0.3 is 11.9 Å². The zero-order valence-electron chi connectivity index (χ0n) is 22.4. The summed E-state index contributed by atoms with van der Waals surface area (Å²) in [6.45, 7) is 4.18. The van der Waals surface area contributed by atoms with Crippen LogP contribution in [0.1, 0.15) is 84.2 Å². The van der Waals surface area contributed by atoms with Crippen LogP contribution in [0, 0.1) is 0 Å². The lowest BCUT2D eigenvalue weighted by molar-refractivity contribution is 0.0595. The molecule has 0 unspecified atom stereocenters. The Hall–Kier alpha value is -2.64. The van der Waals surface area contributed by atoms with E-state index in [2.05, 4.69) is 13.8 Å². The molecule has 2 aromatic rings. The van der Waals surface area contributed by atoms with Crippen molar-refractivity contribution in [2.24, 2.45) is 0 Å². The summed E-state index contributed by atoms with van der Waals surface area (Å²) in [5.74, 6) is -0.376. The fourth-order valence-electron chi connectivity index (χ4n) is 4.19. The largest absolute Gasteiger partial charge is 0.496 e. The molecule has 9 heteroatoms. The number of methoxy groups -OCH3 is 4. The molecule has 2 aromatic carbocycles. The molecule has 0 N–H and O–H groups in total. The van der Waals surface area contributed by atoms with Gasteiger partial charge in [0.05, 0.1) is 33.5 Å². The highest BCUT2D eigenvalue weighted by Gasteiger charge is 2.30. The predicted molar refractivity (Wildman–Crippen MR) is 145 cm³/mol. The second-order valence-corrected chi connectivity index (χ2v) is 9.26. The van der Waals surface area contributed by atoms with Crippen molar-refractivity contribution in [3.8, 4) is 23.0 Å². The summed E-state index contributed by atoms with van der Waals surface area (Å²) >= 11 is 13.1. The Kier molecular flexibility index (Phi) is 12.3. The minimum absolute atomic E-state index is 0.0834. The van der Waals surface area contributed by atoms with E-state index in [1.54, 1.807) is 6.07 Å². The highest BCUT2D eigenvalue weighted by molar-refractivity contribution is 6.39. The molecule has 37 heavy (non-hydrogen) atoms. The van der Waals surface area contributed by atoms with Crippen LogP contribution in [-0.2, 0) is 17.6 Å². The van der Waals surface area contributed by atoms with Crippen LogP contribution < -0.4 is 18.9 Å². The number of carbonyl (C=O) groups excluding carboxylic acids is 2. The molecule has 0 aromatic heterocycles. The first-order chi connectivity index (χ1) is 17.8. The van der Waals surface area contributed by atoms with Gasteiger partial charge in [0, 0.05) is 6.07 Å². The highest BCUT2D eigenvalue weighted by atomic mass is 35.5. The topological polar surface area (TPSA) is 80.3 Å². The van der Waals surface area contributed by atoms with Gasteiger partial charge in [-0.25, -0.2) is 9.59 Å². The lowest BCUT2D eigenvalue weighted by Gasteiger charge is -2.20. The molecule has 204 valence electrons. The monoisotopic (exact) mass is 554 g/mol. The van der Waals surface area contributed by atoms with Gasteiger partial charge in [-0.15, -0.1) is 0 Å². The molecule has 0 bridgehead atoms. The number of benzene rings is 2. The van der Waals surface area contributed by atoms with Crippen LogP contribution in [-0.4, -0.2) is 40.4 Å². The van der Waals surface area contributed by atoms with E-state index < -0.39 is 11.9 Å². The number of ether oxygens (including phenoxy) is 5. The second-order valence-electron chi connectivity index (χ2n) is 8.50. The van der Waals surface area contributed by atoms with Crippen LogP contribution in [0.15, 0.2) is 12.1 Å². The third-order valence-electron chi connectivity index (χ3n) is 6.06. The van der Waals surface area contributed by atoms with Gasteiger partial charge < -0.3 is 23.7 Å². The Labute approximate surface area is 229 Å². The van der Waals surface area contributed by atoms with Gasteiger partial charge in [-0.05, 0) is 42.9 Å². The first kappa shape index (κ1) is 30.6. The Bertz CT molecular complexity index is 1100. The van der Waals surface area contributed by atoms with Crippen LogP contribution >= 0.6 is 23.2 Å². The fraction of sp³-hybridized carbons (Fsp3) is 0.500. The molecular formula is C28H36Cl2O7. The average molecular weight is 555 g/mol. The second kappa shape index (κ2) is 14.9. The van der Waals surface area contributed by atoms with Crippen molar-refractivity contribution in [1.29, 1.82) is 0 Å². The summed E-state index contributed by atoms with van der Waals surface area (Å²) < 4.78 is 27.2. The number of hydrogen-bond donors (Lipinski definition) is 0. The number of hydrogen-bond acceptors (Lipinski definition) is 7. The van der Waals surface area contributed by atoms with Crippen molar-refractivity contribution in [1.82, 2.24) is 0 Å². The van der Waals surface area contributed by atoms with Crippen molar-refractivity contribution < 1.29 is 33.3 Å². The summed E-state index contributed by atoms with van der Waals surface area (Å²) in [6, 6.07) is 3.15. The Morgan fingerprint density at radius 2 is 1.35 bits per heavy atom. The molecule has 0 atom stereocenters. The van der Waals surface area contributed by atoms with Gasteiger partial charge in [0.1, 0.15) is 27.6 Å². The lowest BCUT2D eigenvalue weighted by atomic mass is 9.98. The van der Waals surface area contributed by atoms with Crippen LogP contribution in [0.2, 0.25) is 10.0 Å². The highest BCUT2D eigenvalue weighted by Crippen LogP contribution is 2.46. The van der Waals surface area contributed by atoms with Crippen molar-refractivity contribution >= 4 is 35.1 Å². The molecule has 0 fully saturated rings. The number of esters is 2. The minimum atomic E-state index is -0.692. The van der Waals surface area contributed by atoms with Gasteiger partial charge in [0.2, 0.25) is 0 Å². The Morgan fingerprint density at radius 3 is 1.89 bits per heavy atom. The number of rotatable bonds is 14.